The highest BCUT2D eigenvalue weighted by Gasteiger charge is 2.17. The molecule has 0 bridgehead atoms. The molecule has 0 spiro atoms. The predicted molar refractivity (Wildman–Crippen MR) is 63.9 cm³/mol. The van der Waals surface area contributed by atoms with Gasteiger partial charge in [0.25, 0.3) is 6.43 Å². The van der Waals surface area contributed by atoms with Crippen molar-refractivity contribution in [3.05, 3.63) is 0 Å². The summed E-state index contributed by atoms with van der Waals surface area (Å²) in [5.74, 6) is 0.0808. The molecular formula is C11H23F2N3O. The van der Waals surface area contributed by atoms with E-state index in [0.29, 0.717) is 12.5 Å². The minimum absolute atomic E-state index is 0.0292. The number of nitrogens with zero attached hydrogens (tertiary/aromatic N) is 1. The summed E-state index contributed by atoms with van der Waals surface area (Å²) < 4.78 is 24.5. The molecule has 102 valence electrons. The molecule has 17 heavy (non-hydrogen) atoms. The molecule has 6 heteroatoms. The van der Waals surface area contributed by atoms with Crippen molar-refractivity contribution in [2.24, 2.45) is 11.7 Å². The third-order valence-electron chi connectivity index (χ3n) is 2.60. The molecule has 4 nitrogen and oxygen atoms in total. The van der Waals surface area contributed by atoms with Crippen LogP contribution < -0.4 is 11.1 Å². The Morgan fingerprint density at radius 1 is 1.35 bits per heavy atom. The zero-order chi connectivity index (χ0) is 13.4. The second-order valence-electron chi connectivity index (χ2n) is 4.52. The van der Waals surface area contributed by atoms with E-state index < -0.39 is 13.0 Å². The first-order valence-corrected chi connectivity index (χ1v) is 5.86. The molecule has 0 aromatic heterocycles. The van der Waals surface area contributed by atoms with Crippen molar-refractivity contribution in [1.29, 1.82) is 0 Å². The first-order valence-electron chi connectivity index (χ1n) is 5.86. The lowest BCUT2D eigenvalue weighted by Gasteiger charge is -2.23. The second kappa shape index (κ2) is 8.36. The topological polar surface area (TPSA) is 58.4 Å². The molecule has 1 amide bonds. The number of amides is 1. The molecule has 0 aliphatic carbocycles. The number of hydrogen-bond acceptors (Lipinski definition) is 3. The Labute approximate surface area is 102 Å². The first-order chi connectivity index (χ1) is 7.86. The molecule has 0 radical (unpaired) electrons. The Morgan fingerprint density at radius 3 is 2.35 bits per heavy atom. The van der Waals surface area contributed by atoms with Crippen LogP contribution in [0.25, 0.3) is 0 Å². The summed E-state index contributed by atoms with van der Waals surface area (Å²) in [6.07, 6.45) is -2.45. The Balaban J connectivity index is 4.11. The number of carbonyl (C=O) groups is 1. The molecule has 1 unspecified atom stereocenters. The third kappa shape index (κ3) is 8.04. The van der Waals surface area contributed by atoms with E-state index in [1.165, 1.54) is 4.90 Å². The van der Waals surface area contributed by atoms with Crippen LogP contribution in [-0.2, 0) is 4.79 Å². The number of rotatable bonds is 8. The van der Waals surface area contributed by atoms with Crippen molar-refractivity contribution in [3.8, 4) is 0 Å². The number of halogens is 2. The number of nitrogens with two attached hydrogens (primary N) is 1. The lowest BCUT2D eigenvalue weighted by Crippen LogP contribution is -2.45. The van der Waals surface area contributed by atoms with Gasteiger partial charge in [0.05, 0.1) is 13.1 Å². The zero-order valence-electron chi connectivity index (χ0n) is 10.7. The fourth-order valence-electron chi connectivity index (χ4n) is 1.28. The predicted octanol–water partition coefficient (Wildman–Crippen LogP) is 0.673. The maximum atomic E-state index is 12.2. The average molecular weight is 251 g/mol. The van der Waals surface area contributed by atoms with Gasteiger partial charge in [-0.2, -0.15) is 0 Å². The molecule has 0 saturated heterocycles. The van der Waals surface area contributed by atoms with Crippen LogP contribution in [0.3, 0.4) is 0 Å². The summed E-state index contributed by atoms with van der Waals surface area (Å²) in [5.41, 5.74) is 5.31. The highest BCUT2D eigenvalue weighted by Crippen LogP contribution is 2.01. The molecule has 0 rings (SSSR count). The fourth-order valence-corrected chi connectivity index (χ4v) is 1.28. The minimum Gasteiger partial charge on any atom is -0.352 e. The van der Waals surface area contributed by atoms with Gasteiger partial charge in [0.2, 0.25) is 5.91 Å². The first kappa shape index (κ1) is 16.2. The Kier molecular flexibility index (Phi) is 7.99. The monoisotopic (exact) mass is 251 g/mol. The van der Waals surface area contributed by atoms with Gasteiger partial charge >= 0.3 is 0 Å². The largest absolute Gasteiger partial charge is 0.352 e. The molecule has 0 saturated carbocycles. The van der Waals surface area contributed by atoms with Crippen molar-refractivity contribution in [2.45, 2.75) is 33.2 Å². The lowest BCUT2D eigenvalue weighted by atomic mass is 10.1. The van der Waals surface area contributed by atoms with Crippen LogP contribution in [0, 0.1) is 5.92 Å². The van der Waals surface area contributed by atoms with E-state index in [2.05, 4.69) is 5.32 Å². The molecule has 0 aromatic rings. The molecular weight excluding hydrogens is 228 g/mol. The van der Waals surface area contributed by atoms with Crippen LogP contribution in [0.1, 0.15) is 20.8 Å². The van der Waals surface area contributed by atoms with Gasteiger partial charge in [-0.1, -0.05) is 13.8 Å². The third-order valence-corrected chi connectivity index (χ3v) is 2.60. The van der Waals surface area contributed by atoms with Gasteiger partial charge in [0, 0.05) is 19.1 Å². The van der Waals surface area contributed by atoms with Crippen LogP contribution in [-0.4, -0.2) is 49.5 Å². The summed E-state index contributed by atoms with van der Waals surface area (Å²) >= 11 is 0. The average Bonchev–Trinajstić information content (AvgIpc) is 2.16. The second-order valence-corrected chi connectivity index (χ2v) is 4.52. The van der Waals surface area contributed by atoms with Gasteiger partial charge in [-0.05, 0) is 12.8 Å². The molecule has 0 aliphatic rings. The van der Waals surface area contributed by atoms with E-state index in [9.17, 15) is 13.6 Å². The summed E-state index contributed by atoms with van der Waals surface area (Å²) in [7, 11) is 0. The number of alkyl halides is 2. The quantitative estimate of drug-likeness (QED) is 0.667. The molecule has 1 atom stereocenters. The van der Waals surface area contributed by atoms with E-state index in [-0.39, 0.29) is 25.0 Å². The van der Waals surface area contributed by atoms with E-state index >= 15 is 0 Å². The lowest BCUT2D eigenvalue weighted by molar-refractivity contribution is -0.123. The summed E-state index contributed by atoms with van der Waals surface area (Å²) in [4.78, 5) is 13.0. The van der Waals surface area contributed by atoms with Crippen molar-refractivity contribution < 1.29 is 13.6 Å². The molecule has 0 fully saturated rings. The van der Waals surface area contributed by atoms with Crippen molar-refractivity contribution in [3.63, 3.8) is 0 Å². The van der Waals surface area contributed by atoms with Gasteiger partial charge in [0.1, 0.15) is 0 Å². The Morgan fingerprint density at radius 2 is 1.94 bits per heavy atom. The fraction of sp³-hybridized carbons (Fsp3) is 0.909. The van der Waals surface area contributed by atoms with Gasteiger partial charge < -0.3 is 11.1 Å². The highest BCUT2D eigenvalue weighted by molar-refractivity contribution is 5.78. The number of carbonyl (C=O) groups excluding carboxylic acids is 1. The molecule has 0 aliphatic heterocycles. The van der Waals surface area contributed by atoms with Crippen LogP contribution >= 0.6 is 0 Å². The maximum Gasteiger partial charge on any atom is 0.251 e. The van der Waals surface area contributed by atoms with Gasteiger partial charge in [-0.3, -0.25) is 9.69 Å². The smallest absolute Gasteiger partial charge is 0.251 e. The van der Waals surface area contributed by atoms with Gasteiger partial charge in [0.15, 0.2) is 0 Å². The van der Waals surface area contributed by atoms with Crippen LogP contribution in [0.5, 0.6) is 0 Å². The summed E-state index contributed by atoms with van der Waals surface area (Å²) in [5, 5.41) is 2.78. The molecule has 0 heterocycles. The Hall–Kier alpha value is -0.750. The van der Waals surface area contributed by atoms with Crippen molar-refractivity contribution >= 4 is 5.91 Å². The van der Waals surface area contributed by atoms with Crippen LogP contribution in [0.2, 0.25) is 0 Å². The zero-order valence-corrected chi connectivity index (χ0v) is 10.7. The van der Waals surface area contributed by atoms with Crippen LogP contribution in [0.15, 0.2) is 0 Å². The number of nitrogens with one attached hydrogen (secondary N) is 1. The summed E-state index contributed by atoms with van der Waals surface area (Å²) in [6.45, 7) is 5.99. The maximum absolute atomic E-state index is 12.2. The van der Waals surface area contributed by atoms with Crippen molar-refractivity contribution in [2.75, 3.05) is 26.2 Å². The Bertz CT molecular complexity index is 225. The van der Waals surface area contributed by atoms with Gasteiger partial charge in [-0.25, -0.2) is 8.78 Å². The van der Waals surface area contributed by atoms with Crippen LogP contribution in [0.4, 0.5) is 8.78 Å². The highest BCUT2D eigenvalue weighted by atomic mass is 19.3. The number of hydrogen-bond donors (Lipinski definition) is 2. The summed E-state index contributed by atoms with van der Waals surface area (Å²) in [6, 6.07) is 0.0359. The molecule has 3 N–H and O–H groups in total. The van der Waals surface area contributed by atoms with Gasteiger partial charge in [-0.15, -0.1) is 0 Å². The van der Waals surface area contributed by atoms with E-state index in [1.807, 2.05) is 20.8 Å². The van der Waals surface area contributed by atoms with E-state index in [4.69, 9.17) is 5.73 Å². The normalized spacial score (nSPS) is 13.5. The standard InChI is InChI=1S/C11H23F2N3O/c1-8(2)9(3)15-11(17)7-16(5-4-14)6-10(12)13/h8-10H,4-7,14H2,1-3H3,(H,15,17). The SMILES string of the molecule is CC(C)C(C)NC(=O)CN(CCN)CC(F)F. The van der Waals surface area contributed by atoms with E-state index in [1.54, 1.807) is 0 Å². The van der Waals surface area contributed by atoms with E-state index in [0.717, 1.165) is 0 Å². The van der Waals surface area contributed by atoms with Crippen molar-refractivity contribution in [1.82, 2.24) is 10.2 Å². The minimum atomic E-state index is -2.45. The molecule has 0 aromatic carbocycles.